The lowest BCUT2D eigenvalue weighted by Gasteiger charge is -2.43. The van der Waals surface area contributed by atoms with E-state index in [0.29, 0.717) is 5.92 Å². The van der Waals surface area contributed by atoms with Crippen LogP contribution in [0.1, 0.15) is 44.2 Å². The summed E-state index contributed by atoms with van der Waals surface area (Å²) in [5.41, 5.74) is 2.63. The van der Waals surface area contributed by atoms with Crippen molar-refractivity contribution in [2.75, 3.05) is 34.5 Å². The Bertz CT molecular complexity index is 838. The van der Waals surface area contributed by atoms with Gasteiger partial charge in [-0.25, -0.2) is 0 Å². The quantitative estimate of drug-likeness (QED) is 0.583. The largest absolute Gasteiger partial charge is 0.496 e. The van der Waals surface area contributed by atoms with Gasteiger partial charge in [-0.1, -0.05) is 32.0 Å². The molecule has 1 aliphatic heterocycles. The van der Waals surface area contributed by atoms with E-state index in [-0.39, 0.29) is 11.5 Å². The summed E-state index contributed by atoms with van der Waals surface area (Å²) in [5, 5.41) is 2.39. The van der Waals surface area contributed by atoms with E-state index in [1.165, 1.54) is 11.1 Å². The van der Waals surface area contributed by atoms with Gasteiger partial charge in [-0.05, 0) is 43.0 Å². The van der Waals surface area contributed by atoms with Crippen LogP contribution < -0.4 is 19.5 Å². The van der Waals surface area contributed by atoms with Gasteiger partial charge in [0.05, 0.1) is 34.0 Å². The van der Waals surface area contributed by atoms with Crippen LogP contribution in [0.25, 0.3) is 0 Å². The smallest absolute Gasteiger partial charge is 0.161 e. The lowest BCUT2D eigenvalue weighted by atomic mass is 9.68. The van der Waals surface area contributed by atoms with E-state index in [4.69, 9.17) is 18.9 Å². The van der Waals surface area contributed by atoms with Crippen molar-refractivity contribution >= 4 is 0 Å². The van der Waals surface area contributed by atoms with E-state index >= 15 is 0 Å². The highest BCUT2D eigenvalue weighted by atomic mass is 16.5. The van der Waals surface area contributed by atoms with Crippen LogP contribution in [0.3, 0.4) is 0 Å². The van der Waals surface area contributed by atoms with E-state index in [9.17, 15) is 0 Å². The maximum absolute atomic E-state index is 6.14. The molecule has 0 aliphatic carbocycles. The number of para-hydroxylation sites is 1. The number of benzene rings is 2. The van der Waals surface area contributed by atoms with Crippen LogP contribution in [0.2, 0.25) is 0 Å². The Morgan fingerprint density at radius 3 is 2.45 bits per heavy atom. The number of ether oxygens (including phenoxy) is 4. The maximum Gasteiger partial charge on any atom is 0.161 e. The minimum Gasteiger partial charge on any atom is -0.496 e. The summed E-state index contributed by atoms with van der Waals surface area (Å²) in [4.78, 5) is 0. The van der Waals surface area contributed by atoms with Crippen LogP contribution >= 0.6 is 0 Å². The predicted molar refractivity (Wildman–Crippen MR) is 123 cm³/mol. The molecule has 2 aromatic carbocycles. The van der Waals surface area contributed by atoms with Gasteiger partial charge in [-0.2, -0.15) is 0 Å². The summed E-state index contributed by atoms with van der Waals surface area (Å²) in [7, 11) is 5.12. The van der Waals surface area contributed by atoms with Crippen molar-refractivity contribution in [3.63, 3.8) is 0 Å². The van der Waals surface area contributed by atoms with Crippen molar-refractivity contribution in [2.45, 2.75) is 51.2 Å². The van der Waals surface area contributed by atoms with Crippen LogP contribution in [-0.2, 0) is 16.7 Å². The molecular formula is C26H38NO4+. The zero-order chi connectivity index (χ0) is 22.3. The summed E-state index contributed by atoms with van der Waals surface area (Å²) in [6, 6.07) is 14.7. The molecule has 5 nitrogen and oxygen atoms in total. The molecule has 31 heavy (non-hydrogen) atoms. The van der Waals surface area contributed by atoms with E-state index < -0.39 is 0 Å². The Hall–Kier alpha value is -2.24. The highest BCUT2D eigenvalue weighted by molar-refractivity contribution is 5.42. The lowest BCUT2D eigenvalue weighted by molar-refractivity contribution is -0.672. The zero-order valence-electron chi connectivity index (χ0n) is 19.6. The predicted octanol–water partition coefficient (Wildman–Crippen LogP) is 3.94. The Labute approximate surface area is 187 Å². The third kappa shape index (κ3) is 5.52. The number of hydrogen-bond donors (Lipinski definition) is 1. The zero-order valence-corrected chi connectivity index (χ0v) is 19.6. The Morgan fingerprint density at radius 2 is 1.74 bits per heavy atom. The standard InChI is InChI=1S/C26H37NO4/c1-19(2)25-17-26(13-15-31-25,21-8-6-7-9-22(21)28-3)12-14-27-18-20-10-11-23(29-4)24(16-20)30-5/h6-11,16,19,25,27H,12-15,17-18H2,1-5H3/p+1/t25-,26+/m0/s1. The van der Waals surface area contributed by atoms with E-state index in [2.05, 4.69) is 55.6 Å². The molecule has 2 N–H and O–H groups in total. The number of quaternary nitrogens is 1. The molecule has 2 aromatic rings. The molecule has 3 rings (SSSR count). The third-order valence-electron chi connectivity index (χ3n) is 6.58. The van der Waals surface area contributed by atoms with Crippen molar-refractivity contribution in [1.29, 1.82) is 0 Å². The van der Waals surface area contributed by atoms with Crippen LogP contribution in [0, 0.1) is 5.92 Å². The third-order valence-corrected chi connectivity index (χ3v) is 6.58. The maximum atomic E-state index is 6.14. The molecule has 1 heterocycles. The van der Waals surface area contributed by atoms with Gasteiger partial charge in [-0.3, -0.25) is 0 Å². The minimum atomic E-state index is 0.0773. The Morgan fingerprint density at radius 1 is 1.00 bits per heavy atom. The average Bonchev–Trinajstić information content (AvgIpc) is 2.81. The molecule has 5 heteroatoms. The molecule has 0 aromatic heterocycles. The molecule has 0 unspecified atom stereocenters. The van der Waals surface area contributed by atoms with Gasteiger partial charge in [0.2, 0.25) is 0 Å². The molecular weight excluding hydrogens is 390 g/mol. The van der Waals surface area contributed by atoms with E-state index in [1.54, 1.807) is 21.3 Å². The first kappa shape index (κ1) is 23.4. The summed E-state index contributed by atoms with van der Waals surface area (Å²) in [6.45, 7) is 7.26. The van der Waals surface area contributed by atoms with Crippen molar-refractivity contribution in [3.8, 4) is 17.2 Å². The number of nitrogens with two attached hydrogens (primary N) is 1. The van der Waals surface area contributed by atoms with Crippen molar-refractivity contribution < 1.29 is 24.3 Å². The summed E-state index contributed by atoms with van der Waals surface area (Å²) < 4.78 is 22.7. The molecule has 0 saturated carbocycles. The van der Waals surface area contributed by atoms with E-state index in [1.807, 2.05) is 6.07 Å². The first-order valence-electron chi connectivity index (χ1n) is 11.3. The first-order valence-corrected chi connectivity index (χ1v) is 11.3. The highest BCUT2D eigenvalue weighted by Crippen LogP contribution is 2.44. The average molecular weight is 429 g/mol. The Kier molecular flexibility index (Phi) is 8.22. The molecule has 1 aliphatic rings. The van der Waals surface area contributed by atoms with Crippen molar-refractivity contribution in [3.05, 3.63) is 53.6 Å². The van der Waals surface area contributed by atoms with Crippen LogP contribution in [0.5, 0.6) is 17.2 Å². The molecule has 1 saturated heterocycles. The second-order valence-corrected chi connectivity index (χ2v) is 8.81. The molecule has 2 atom stereocenters. The first-order chi connectivity index (χ1) is 15.0. The monoisotopic (exact) mass is 428 g/mol. The minimum absolute atomic E-state index is 0.0773. The second kappa shape index (κ2) is 10.9. The molecule has 170 valence electrons. The van der Waals surface area contributed by atoms with Crippen LogP contribution in [0.15, 0.2) is 42.5 Å². The fraction of sp³-hybridized carbons (Fsp3) is 0.538. The summed E-state index contributed by atoms with van der Waals surface area (Å²) >= 11 is 0. The fourth-order valence-corrected chi connectivity index (χ4v) is 4.72. The SMILES string of the molecule is COc1ccc(C[NH2+]CC[C@@]2(c3ccccc3OC)CCO[C@H](C(C)C)C2)cc1OC. The normalized spacial score (nSPS) is 21.2. The summed E-state index contributed by atoms with van der Waals surface area (Å²) in [6.07, 6.45) is 3.44. The van der Waals surface area contributed by atoms with Crippen LogP contribution in [0.4, 0.5) is 0 Å². The molecule has 1 fully saturated rings. The molecule has 0 radical (unpaired) electrons. The highest BCUT2D eigenvalue weighted by Gasteiger charge is 2.41. The second-order valence-electron chi connectivity index (χ2n) is 8.81. The van der Waals surface area contributed by atoms with Gasteiger partial charge in [-0.15, -0.1) is 0 Å². The van der Waals surface area contributed by atoms with Crippen molar-refractivity contribution in [1.82, 2.24) is 0 Å². The fourth-order valence-electron chi connectivity index (χ4n) is 4.72. The van der Waals surface area contributed by atoms with Gasteiger partial charge in [0.15, 0.2) is 11.5 Å². The lowest BCUT2D eigenvalue weighted by Crippen LogP contribution is -2.83. The van der Waals surface area contributed by atoms with Crippen molar-refractivity contribution in [2.24, 2.45) is 5.92 Å². The van der Waals surface area contributed by atoms with Gasteiger partial charge < -0.3 is 24.3 Å². The molecule has 0 amide bonds. The molecule has 0 bridgehead atoms. The van der Waals surface area contributed by atoms with Gasteiger partial charge in [0, 0.05) is 29.6 Å². The van der Waals surface area contributed by atoms with Gasteiger partial charge in [0.1, 0.15) is 12.3 Å². The molecule has 0 spiro atoms. The van der Waals surface area contributed by atoms with Crippen LogP contribution in [-0.4, -0.2) is 40.6 Å². The number of rotatable bonds is 10. The number of hydrogen-bond acceptors (Lipinski definition) is 4. The van der Waals surface area contributed by atoms with Gasteiger partial charge in [0.25, 0.3) is 0 Å². The number of methoxy groups -OCH3 is 3. The Balaban J connectivity index is 1.73. The van der Waals surface area contributed by atoms with Gasteiger partial charge >= 0.3 is 0 Å². The van der Waals surface area contributed by atoms with E-state index in [0.717, 1.165) is 56.2 Å². The summed E-state index contributed by atoms with van der Waals surface area (Å²) in [5.74, 6) is 3.04. The topological polar surface area (TPSA) is 53.5 Å².